The van der Waals surface area contributed by atoms with Gasteiger partial charge in [-0.2, -0.15) is 5.26 Å². The van der Waals surface area contributed by atoms with E-state index in [1.54, 1.807) is 34.9 Å². The van der Waals surface area contributed by atoms with E-state index in [1.165, 1.54) is 18.2 Å². The molecule has 0 aliphatic heterocycles. The number of aromatic nitrogens is 1. The molecule has 0 N–H and O–H groups in total. The van der Waals surface area contributed by atoms with Crippen molar-refractivity contribution in [3.05, 3.63) is 91.4 Å². The van der Waals surface area contributed by atoms with Crippen LogP contribution in [0.15, 0.2) is 53.0 Å². The highest BCUT2D eigenvalue weighted by Gasteiger charge is 2.14. The van der Waals surface area contributed by atoms with Crippen LogP contribution in [-0.4, -0.2) is 9.49 Å². The van der Waals surface area contributed by atoms with Gasteiger partial charge in [0, 0.05) is 28.0 Å². The Morgan fingerprint density at radius 1 is 1.21 bits per heavy atom. The molecular formula is C21H15BrFN3O2. The number of nitrogens with zero attached hydrogens (tertiary/aromatic N) is 3. The molecule has 0 saturated heterocycles. The molecule has 0 radical (unpaired) electrons. The molecule has 5 nitrogen and oxygen atoms in total. The molecule has 0 aliphatic rings. The fourth-order valence-electron chi connectivity index (χ4n) is 3.07. The molecule has 1 aromatic heterocycles. The maximum Gasteiger partial charge on any atom is 0.269 e. The van der Waals surface area contributed by atoms with Crippen LogP contribution in [0.3, 0.4) is 0 Å². The number of halogens is 2. The third-order valence-corrected chi connectivity index (χ3v) is 4.92. The van der Waals surface area contributed by atoms with Crippen molar-refractivity contribution < 1.29 is 9.31 Å². The van der Waals surface area contributed by atoms with Gasteiger partial charge in [-0.1, -0.05) is 15.9 Å². The second kappa shape index (κ2) is 7.79. The van der Waals surface area contributed by atoms with Gasteiger partial charge in [0.1, 0.15) is 5.82 Å². The summed E-state index contributed by atoms with van der Waals surface area (Å²) in [7, 11) is 0. The fraction of sp³-hybridized carbons (Fsp3) is 0.0952. The van der Waals surface area contributed by atoms with Crippen molar-refractivity contribution in [2.24, 2.45) is 0 Å². The summed E-state index contributed by atoms with van der Waals surface area (Å²) >= 11 is 3.26. The molecule has 2 aromatic carbocycles. The second-order valence-corrected chi connectivity index (χ2v) is 7.15. The molecule has 0 amide bonds. The molecule has 0 saturated carbocycles. The van der Waals surface area contributed by atoms with E-state index in [-0.39, 0.29) is 11.5 Å². The van der Waals surface area contributed by atoms with Crippen molar-refractivity contribution in [3.8, 4) is 11.8 Å². The van der Waals surface area contributed by atoms with Crippen LogP contribution < -0.4 is 0 Å². The Labute approximate surface area is 169 Å². The van der Waals surface area contributed by atoms with Gasteiger partial charge in [0.05, 0.1) is 22.3 Å². The van der Waals surface area contributed by atoms with E-state index in [2.05, 4.69) is 22.0 Å². The minimum absolute atomic E-state index is 0.0371. The summed E-state index contributed by atoms with van der Waals surface area (Å²) in [6, 6.07) is 14.7. The van der Waals surface area contributed by atoms with Crippen LogP contribution in [0.25, 0.3) is 17.3 Å². The highest BCUT2D eigenvalue weighted by Crippen LogP contribution is 2.28. The highest BCUT2D eigenvalue weighted by molar-refractivity contribution is 9.10. The van der Waals surface area contributed by atoms with Crippen LogP contribution in [0.4, 0.5) is 10.1 Å². The molecule has 3 rings (SSSR count). The summed E-state index contributed by atoms with van der Waals surface area (Å²) < 4.78 is 16.9. The smallest absolute Gasteiger partial charge is 0.269 e. The van der Waals surface area contributed by atoms with Gasteiger partial charge in [-0.05, 0) is 67.4 Å². The molecule has 0 bridgehead atoms. The number of nitriles is 1. The molecular weight excluding hydrogens is 425 g/mol. The lowest BCUT2D eigenvalue weighted by Gasteiger charge is -2.11. The van der Waals surface area contributed by atoms with Gasteiger partial charge in [0.25, 0.3) is 5.69 Å². The van der Waals surface area contributed by atoms with Crippen LogP contribution in [0, 0.1) is 41.1 Å². The Morgan fingerprint density at radius 3 is 2.46 bits per heavy atom. The highest BCUT2D eigenvalue weighted by atomic mass is 79.9. The van der Waals surface area contributed by atoms with Gasteiger partial charge in [-0.25, -0.2) is 4.39 Å². The fourth-order valence-corrected chi connectivity index (χ4v) is 3.40. The van der Waals surface area contributed by atoms with Crippen LogP contribution in [0.1, 0.15) is 22.5 Å². The van der Waals surface area contributed by atoms with Crippen molar-refractivity contribution in [2.75, 3.05) is 0 Å². The number of aryl methyl sites for hydroxylation is 1. The largest absolute Gasteiger partial charge is 0.315 e. The maximum atomic E-state index is 14.4. The van der Waals surface area contributed by atoms with Gasteiger partial charge in [0.2, 0.25) is 0 Å². The molecule has 0 fully saturated rings. The molecule has 28 heavy (non-hydrogen) atoms. The van der Waals surface area contributed by atoms with Crippen LogP contribution in [0.5, 0.6) is 0 Å². The Morgan fingerprint density at radius 2 is 1.89 bits per heavy atom. The summed E-state index contributed by atoms with van der Waals surface area (Å²) in [5.41, 5.74) is 3.71. The summed E-state index contributed by atoms with van der Waals surface area (Å²) in [5.74, 6) is -0.359. The number of rotatable bonds is 4. The van der Waals surface area contributed by atoms with Crippen molar-refractivity contribution in [1.82, 2.24) is 4.57 Å². The number of benzene rings is 2. The number of nitro groups is 1. The van der Waals surface area contributed by atoms with E-state index in [9.17, 15) is 19.8 Å². The third-order valence-electron chi connectivity index (χ3n) is 4.43. The number of allylic oxidation sites excluding steroid dienone is 1. The first kappa shape index (κ1) is 19.5. The van der Waals surface area contributed by atoms with Crippen molar-refractivity contribution >= 4 is 33.3 Å². The minimum Gasteiger partial charge on any atom is -0.315 e. The lowest BCUT2D eigenvalue weighted by Crippen LogP contribution is -2.02. The third kappa shape index (κ3) is 3.73. The predicted molar refractivity (Wildman–Crippen MR) is 109 cm³/mol. The molecule has 0 aliphatic carbocycles. The Balaban J connectivity index is 2.06. The van der Waals surface area contributed by atoms with Crippen molar-refractivity contribution in [1.29, 1.82) is 5.26 Å². The van der Waals surface area contributed by atoms with E-state index >= 15 is 0 Å². The predicted octanol–water partition coefficient (Wildman–Crippen LogP) is 5.97. The van der Waals surface area contributed by atoms with E-state index < -0.39 is 4.92 Å². The first-order valence-corrected chi connectivity index (χ1v) is 9.12. The van der Waals surface area contributed by atoms with Crippen molar-refractivity contribution in [3.63, 3.8) is 0 Å². The zero-order valence-corrected chi connectivity index (χ0v) is 16.7. The summed E-state index contributed by atoms with van der Waals surface area (Å²) in [5, 5.41) is 20.4. The summed E-state index contributed by atoms with van der Waals surface area (Å²) in [6.45, 7) is 3.72. The molecule has 0 unspecified atom stereocenters. The minimum atomic E-state index is -0.486. The van der Waals surface area contributed by atoms with Crippen LogP contribution in [-0.2, 0) is 0 Å². The first-order chi connectivity index (χ1) is 13.3. The standard InChI is InChI=1S/C21H15BrFN3O2/c1-13-9-16(14(2)25(13)21-8-5-18(22)11-20(21)23)10-17(12-24)15-3-6-19(7-4-15)26(27)28/h3-11H,1-2H3/b17-10-. The molecule has 3 aromatic rings. The summed E-state index contributed by atoms with van der Waals surface area (Å²) in [4.78, 5) is 10.3. The van der Waals surface area contributed by atoms with Gasteiger partial charge in [0.15, 0.2) is 0 Å². The van der Waals surface area contributed by atoms with Crippen LogP contribution >= 0.6 is 15.9 Å². The molecule has 0 atom stereocenters. The van der Waals surface area contributed by atoms with E-state index in [0.29, 0.717) is 21.3 Å². The van der Waals surface area contributed by atoms with Gasteiger partial charge in [-0.3, -0.25) is 10.1 Å². The lowest BCUT2D eigenvalue weighted by molar-refractivity contribution is -0.384. The molecule has 140 valence electrons. The zero-order valence-electron chi connectivity index (χ0n) is 15.1. The van der Waals surface area contributed by atoms with E-state index in [0.717, 1.165) is 17.0 Å². The van der Waals surface area contributed by atoms with Gasteiger partial charge >= 0.3 is 0 Å². The average Bonchev–Trinajstić information content (AvgIpc) is 2.93. The Kier molecular flexibility index (Phi) is 5.43. The second-order valence-electron chi connectivity index (χ2n) is 6.23. The number of nitro benzene ring substituents is 1. The van der Waals surface area contributed by atoms with E-state index in [1.807, 2.05) is 19.9 Å². The zero-order chi connectivity index (χ0) is 20.4. The normalized spacial score (nSPS) is 11.3. The molecule has 1 heterocycles. The van der Waals surface area contributed by atoms with Gasteiger partial charge in [-0.15, -0.1) is 0 Å². The van der Waals surface area contributed by atoms with Crippen LogP contribution in [0.2, 0.25) is 0 Å². The maximum absolute atomic E-state index is 14.4. The average molecular weight is 440 g/mol. The number of hydrogen-bond donors (Lipinski definition) is 0. The monoisotopic (exact) mass is 439 g/mol. The quantitative estimate of drug-likeness (QED) is 0.285. The van der Waals surface area contributed by atoms with Gasteiger partial charge < -0.3 is 4.57 Å². The molecule has 0 spiro atoms. The lowest BCUT2D eigenvalue weighted by atomic mass is 10.0. The Hall–Kier alpha value is -3.24. The number of non-ortho nitro benzene ring substituents is 1. The first-order valence-electron chi connectivity index (χ1n) is 8.33. The number of hydrogen-bond acceptors (Lipinski definition) is 3. The summed E-state index contributed by atoms with van der Waals surface area (Å²) in [6.07, 6.45) is 1.71. The van der Waals surface area contributed by atoms with E-state index in [4.69, 9.17) is 0 Å². The topological polar surface area (TPSA) is 71.9 Å². The van der Waals surface area contributed by atoms with Crippen molar-refractivity contribution in [2.45, 2.75) is 13.8 Å². The molecule has 7 heteroatoms. The Bertz CT molecular complexity index is 1140. The SMILES string of the molecule is Cc1cc(/C=C(/C#N)c2ccc([N+](=O)[O-])cc2)c(C)n1-c1ccc(Br)cc1F.